The maximum absolute atomic E-state index is 11.4. The summed E-state index contributed by atoms with van der Waals surface area (Å²) in [5.74, 6) is 0.572. The zero-order valence-electron chi connectivity index (χ0n) is 11.3. The molecule has 3 nitrogen and oxygen atoms in total. The summed E-state index contributed by atoms with van der Waals surface area (Å²) < 4.78 is 10.2. The molecule has 3 heteroatoms. The van der Waals surface area contributed by atoms with E-state index < -0.39 is 0 Å². The predicted octanol–water partition coefficient (Wildman–Crippen LogP) is 4.46. The van der Waals surface area contributed by atoms with E-state index in [2.05, 4.69) is 6.92 Å². The van der Waals surface area contributed by atoms with Crippen molar-refractivity contribution in [3.8, 4) is 0 Å². The maximum Gasteiger partial charge on any atom is 0.306 e. The molecule has 0 aromatic carbocycles. The number of hydrogen-bond acceptors (Lipinski definition) is 3. The van der Waals surface area contributed by atoms with Gasteiger partial charge in [0.05, 0.1) is 6.26 Å². The number of carbonyl (C=O) groups excluding carboxylic acids is 1. The molecule has 1 aromatic heterocycles. The second-order valence-corrected chi connectivity index (χ2v) is 4.61. The van der Waals surface area contributed by atoms with Crippen molar-refractivity contribution < 1.29 is 13.9 Å². The quantitative estimate of drug-likeness (QED) is 0.456. The lowest BCUT2D eigenvalue weighted by atomic mass is 10.1. The molecule has 0 atom stereocenters. The minimum Gasteiger partial charge on any atom is -0.466 e. The number of unbranched alkanes of at least 4 members (excludes halogenated alkanes) is 6. The summed E-state index contributed by atoms with van der Waals surface area (Å²) in [4.78, 5) is 11.4. The lowest BCUT2D eigenvalue weighted by Crippen LogP contribution is -2.03. The molecule has 1 heterocycles. The van der Waals surface area contributed by atoms with Crippen LogP contribution >= 0.6 is 0 Å². The molecular formula is C15H24O3. The third-order valence-electron chi connectivity index (χ3n) is 2.94. The lowest BCUT2D eigenvalue weighted by Gasteiger charge is -2.03. The van der Waals surface area contributed by atoms with Crippen LogP contribution < -0.4 is 0 Å². The molecule has 0 saturated heterocycles. The van der Waals surface area contributed by atoms with E-state index >= 15 is 0 Å². The second kappa shape index (κ2) is 9.75. The number of carbonyl (C=O) groups is 1. The summed E-state index contributed by atoms with van der Waals surface area (Å²) in [5, 5.41) is 0. The van der Waals surface area contributed by atoms with Crippen LogP contribution in [0.15, 0.2) is 22.8 Å². The number of rotatable bonds is 10. The first-order valence-electron chi connectivity index (χ1n) is 7.01. The van der Waals surface area contributed by atoms with Gasteiger partial charge in [-0.3, -0.25) is 4.79 Å². The predicted molar refractivity (Wildman–Crippen MR) is 71.1 cm³/mol. The maximum atomic E-state index is 11.4. The number of furan rings is 1. The SMILES string of the molecule is CCCCCCCCCC(=O)OCc1ccco1. The molecule has 0 aliphatic rings. The van der Waals surface area contributed by atoms with Crippen LogP contribution in [0.4, 0.5) is 0 Å². The van der Waals surface area contributed by atoms with Crippen molar-refractivity contribution in [2.45, 2.75) is 64.9 Å². The fourth-order valence-corrected chi connectivity index (χ4v) is 1.84. The minimum atomic E-state index is -0.125. The fraction of sp³-hybridized carbons (Fsp3) is 0.667. The van der Waals surface area contributed by atoms with Crippen molar-refractivity contribution in [1.82, 2.24) is 0 Å². The van der Waals surface area contributed by atoms with Gasteiger partial charge in [0.1, 0.15) is 12.4 Å². The first-order valence-corrected chi connectivity index (χ1v) is 7.01. The zero-order chi connectivity index (χ0) is 13.1. The van der Waals surface area contributed by atoms with E-state index in [0.717, 1.165) is 12.8 Å². The lowest BCUT2D eigenvalue weighted by molar-refractivity contribution is -0.145. The van der Waals surface area contributed by atoms with Crippen LogP contribution in [-0.4, -0.2) is 5.97 Å². The molecule has 0 aliphatic heterocycles. The molecule has 1 aromatic rings. The van der Waals surface area contributed by atoms with Gasteiger partial charge in [-0.15, -0.1) is 0 Å². The molecule has 0 radical (unpaired) electrons. The molecule has 102 valence electrons. The molecule has 0 N–H and O–H groups in total. The van der Waals surface area contributed by atoms with Crippen LogP contribution in [0.5, 0.6) is 0 Å². The highest BCUT2D eigenvalue weighted by Crippen LogP contribution is 2.09. The van der Waals surface area contributed by atoms with Gasteiger partial charge in [0.25, 0.3) is 0 Å². The zero-order valence-corrected chi connectivity index (χ0v) is 11.3. The van der Waals surface area contributed by atoms with Gasteiger partial charge < -0.3 is 9.15 Å². The molecule has 0 saturated carbocycles. The molecule has 0 aliphatic carbocycles. The highest BCUT2D eigenvalue weighted by molar-refractivity contribution is 5.69. The first kappa shape index (κ1) is 14.8. The smallest absolute Gasteiger partial charge is 0.306 e. The standard InChI is InChI=1S/C15H24O3/c1-2-3-4-5-6-7-8-11-15(16)18-13-14-10-9-12-17-14/h9-10,12H,2-8,11,13H2,1H3. The van der Waals surface area contributed by atoms with Crippen molar-refractivity contribution in [1.29, 1.82) is 0 Å². The monoisotopic (exact) mass is 252 g/mol. The van der Waals surface area contributed by atoms with Crippen molar-refractivity contribution in [2.24, 2.45) is 0 Å². The van der Waals surface area contributed by atoms with E-state index in [1.807, 2.05) is 0 Å². The van der Waals surface area contributed by atoms with Crippen molar-refractivity contribution in [2.75, 3.05) is 0 Å². The molecule has 1 rings (SSSR count). The van der Waals surface area contributed by atoms with Crippen molar-refractivity contribution in [3.63, 3.8) is 0 Å². The van der Waals surface area contributed by atoms with Crippen molar-refractivity contribution >= 4 is 5.97 Å². The Bertz CT molecular complexity index is 304. The van der Waals surface area contributed by atoms with Crippen LogP contribution in [0, 0.1) is 0 Å². The Morgan fingerprint density at radius 3 is 2.56 bits per heavy atom. The Hall–Kier alpha value is -1.25. The van der Waals surface area contributed by atoms with E-state index in [0.29, 0.717) is 12.2 Å². The summed E-state index contributed by atoms with van der Waals surface area (Å²) in [6.45, 7) is 2.47. The fourth-order valence-electron chi connectivity index (χ4n) is 1.84. The highest BCUT2D eigenvalue weighted by Gasteiger charge is 2.04. The van der Waals surface area contributed by atoms with Gasteiger partial charge in [-0.2, -0.15) is 0 Å². The summed E-state index contributed by atoms with van der Waals surface area (Å²) in [6.07, 6.45) is 10.6. The average Bonchev–Trinajstić information content (AvgIpc) is 2.88. The largest absolute Gasteiger partial charge is 0.466 e. The van der Waals surface area contributed by atoms with E-state index in [1.54, 1.807) is 18.4 Å². The van der Waals surface area contributed by atoms with E-state index in [4.69, 9.17) is 9.15 Å². The van der Waals surface area contributed by atoms with E-state index in [9.17, 15) is 4.79 Å². The molecule has 0 unspecified atom stereocenters. The third-order valence-corrected chi connectivity index (χ3v) is 2.94. The van der Waals surface area contributed by atoms with Crippen LogP contribution in [-0.2, 0) is 16.1 Å². The van der Waals surface area contributed by atoms with Gasteiger partial charge in [0.2, 0.25) is 0 Å². The Morgan fingerprint density at radius 2 is 1.89 bits per heavy atom. The van der Waals surface area contributed by atoms with Gasteiger partial charge in [0, 0.05) is 6.42 Å². The Labute approximate surface area is 110 Å². The molecular weight excluding hydrogens is 228 g/mol. The average molecular weight is 252 g/mol. The van der Waals surface area contributed by atoms with Gasteiger partial charge >= 0.3 is 5.97 Å². The first-order chi connectivity index (χ1) is 8.83. The van der Waals surface area contributed by atoms with Gasteiger partial charge in [-0.05, 0) is 18.6 Å². The highest BCUT2D eigenvalue weighted by atomic mass is 16.5. The Balaban J connectivity index is 1.90. The summed E-state index contributed by atoms with van der Waals surface area (Å²) in [6, 6.07) is 3.60. The normalized spacial score (nSPS) is 10.5. The van der Waals surface area contributed by atoms with Crippen LogP contribution in [0.2, 0.25) is 0 Å². The Morgan fingerprint density at radius 1 is 1.17 bits per heavy atom. The van der Waals surface area contributed by atoms with Crippen LogP contribution in [0.25, 0.3) is 0 Å². The second-order valence-electron chi connectivity index (χ2n) is 4.61. The molecule has 0 amide bonds. The summed E-state index contributed by atoms with van der Waals surface area (Å²) in [7, 11) is 0. The number of esters is 1. The van der Waals surface area contributed by atoms with Gasteiger partial charge in [-0.25, -0.2) is 0 Å². The minimum absolute atomic E-state index is 0.125. The number of hydrogen-bond donors (Lipinski definition) is 0. The molecule has 18 heavy (non-hydrogen) atoms. The molecule has 0 bridgehead atoms. The van der Waals surface area contributed by atoms with Crippen molar-refractivity contribution in [3.05, 3.63) is 24.2 Å². The van der Waals surface area contributed by atoms with Gasteiger partial charge in [-0.1, -0.05) is 45.4 Å². The topological polar surface area (TPSA) is 39.4 Å². The van der Waals surface area contributed by atoms with Crippen LogP contribution in [0.3, 0.4) is 0 Å². The summed E-state index contributed by atoms with van der Waals surface area (Å²) in [5.41, 5.74) is 0. The van der Waals surface area contributed by atoms with E-state index in [1.165, 1.54) is 32.1 Å². The van der Waals surface area contributed by atoms with E-state index in [-0.39, 0.29) is 12.6 Å². The third kappa shape index (κ3) is 7.15. The van der Waals surface area contributed by atoms with Gasteiger partial charge in [0.15, 0.2) is 0 Å². The molecule has 0 spiro atoms. The number of ether oxygens (including phenoxy) is 1. The molecule has 0 fully saturated rings. The summed E-state index contributed by atoms with van der Waals surface area (Å²) >= 11 is 0. The van der Waals surface area contributed by atoms with Crippen LogP contribution in [0.1, 0.15) is 64.1 Å². The Kier molecular flexibility index (Phi) is 8.02.